The van der Waals surface area contributed by atoms with Crippen molar-refractivity contribution in [2.24, 2.45) is 16.5 Å². The third kappa shape index (κ3) is 15.8. The molecule has 4 fully saturated rings. The van der Waals surface area contributed by atoms with Crippen LogP contribution in [0.1, 0.15) is 147 Å². The molecular weight excluding hydrogens is 1160 g/mol. The van der Waals surface area contributed by atoms with Gasteiger partial charge >= 0.3 is 0 Å². The van der Waals surface area contributed by atoms with Gasteiger partial charge in [0.2, 0.25) is 11.6 Å². The van der Waals surface area contributed by atoms with Gasteiger partial charge in [0.15, 0.2) is 27.3 Å². The molecule has 0 unspecified atom stereocenters. The van der Waals surface area contributed by atoms with E-state index in [2.05, 4.69) is 10.6 Å². The van der Waals surface area contributed by atoms with Gasteiger partial charge in [0.1, 0.15) is 34.5 Å². The average molecular weight is 1250 g/mol. The van der Waals surface area contributed by atoms with Crippen molar-refractivity contribution in [3.63, 3.8) is 0 Å². The summed E-state index contributed by atoms with van der Waals surface area (Å²) in [6.45, 7) is 0. The molecule has 2 amide bonds. The summed E-state index contributed by atoms with van der Waals surface area (Å²) in [5.41, 5.74) is 13.4. The highest BCUT2D eigenvalue weighted by Gasteiger charge is 2.55. The van der Waals surface area contributed by atoms with E-state index in [1.165, 1.54) is 44.9 Å². The van der Waals surface area contributed by atoms with Gasteiger partial charge in [-0.2, -0.15) is 0 Å². The fourth-order valence-corrected chi connectivity index (χ4v) is 12.7. The van der Waals surface area contributed by atoms with Crippen LogP contribution in [0, 0.1) is 0 Å². The number of nitrogens with two attached hydrogens (primary N) is 2. The number of amides is 2. The summed E-state index contributed by atoms with van der Waals surface area (Å²) in [6, 6.07) is 43.9. The van der Waals surface area contributed by atoms with Crippen molar-refractivity contribution in [3.05, 3.63) is 179 Å². The summed E-state index contributed by atoms with van der Waals surface area (Å²) in [5.74, 6) is 3.34. The second-order valence-corrected chi connectivity index (χ2v) is 23.0. The molecule has 0 radical (unpaired) electrons. The zero-order valence-electron chi connectivity index (χ0n) is 51.1. The van der Waals surface area contributed by atoms with Crippen LogP contribution in [0.25, 0.3) is 0 Å². The molecular formula is C70H85N7O10S2. The molecule has 19 heteroatoms. The van der Waals surface area contributed by atoms with Gasteiger partial charge in [-0.1, -0.05) is 114 Å². The van der Waals surface area contributed by atoms with Crippen molar-refractivity contribution < 1.29 is 47.6 Å². The molecule has 5 aliphatic rings. The first-order valence-electron chi connectivity index (χ1n) is 30.0. The third-order valence-corrected chi connectivity index (χ3v) is 17.3. The van der Waals surface area contributed by atoms with Gasteiger partial charge in [0, 0.05) is 29.3 Å². The fraction of sp³-hybridized carbons (Fsp3) is 0.386. The van der Waals surface area contributed by atoms with E-state index in [0.717, 1.165) is 96.6 Å². The standard InChI is InChI=1S/C23H27N3O3.C23H26N2O3S.C16H14O4.C7H14N2S.CH4/c1-28-19-12-8-16(9-13-19)23(17-10-14-20(29-2)15-11-17)21(27)26(22(24)25-23)18-6-4-3-5-7-18;1-27-19-12-8-16(9-13-19)23(17-10-14-20(28-2)15-11-17)21(26)25(22(29)24-23)18-6-4-3-5-7-18;1-19-13-7-3-11(4-8-13)15(17)16(18)12-5-9-14(20-2)10-6-12;8-7(10)9-6-4-2-1-3-5-6;/h8-15,18H,3-7H2,1-2H3,(H2,24,25);8-15,18H,3-7H2,1-2H3,(H,24,29);3-10H,1-2H3;6H,1-5H2,(H3,8,9,10);1H4. The number of methoxy groups -OCH3 is 6. The molecule has 6 aromatic carbocycles. The highest BCUT2D eigenvalue weighted by atomic mass is 32.1. The molecule has 2 aliphatic heterocycles. The van der Waals surface area contributed by atoms with E-state index < -0.39 is 22.6 Å². The van der Waals surface area contributed by atoms with Gasteiger partial charge in [-0.3, -0.25) is 29.0 Å². The van der Waals surface area contributed by atoms with E-state index in [0.29, 0.717) is 44.9 Å². The van der Waals surface area contributed by atoms with Crippen molar-refractivity contribution in [1.29, 1.82) is 0 Å². The van der Waals surface area contributed by atoms with Gasteiger partial charge < -0.3 is 50.5 Å². The number of nitrogens with one attached hydrogen (secondary N) is 2. The van der Waals surface area contributed by atoms with Crippen LogP contribution in [0.4, 0.5) is 0 Å². The van der Waals surface area contributed by atoms with Crippen molar-refractivity contribution >= 4 is 64.0 Å². The van der Waals surface area contributed by atoms with E-state index in [4.69, 9.17) is 69.3 Å². The second-order valence-electron chi connectivity index (χ2n) is 22.2. The first-order valence-corrected chi connectivity index (χ1v) is 30.8. The van der Waals surface area contributed by atoms with Crippen LogP contribution < -0.4 is 50.5 Å². The Bertz CT molecular complexity index is 3180. The summed E-state index contributed by atoms with van der Waals surface area (Å²) in [7, 11) is 9.59. The van der Waals surface area contributed by atoms with Crippen LogP contribution in [0.3, 0.4) is 0 Å². The molecule has 1 saturated heterocycles. The zero-order valence-corrected chi connectivity index (χ0v) is 52.7. The lowest BCUT2D eigenvalue weighted by molar-refractivity contribution is -0.132. The highest BCUT2D eigenvalue weighted by Crippen LogP contribution is 2.44. The Morgan fingerprint density at radius 1 is 0.483 bits per heavy atom. The quantitative estimate of drug-likeness (QED) is 0.0402. The number of ketones is 2. The monoisotopic (exact) mass is 1250 g/mol. The molecule has 6 aromatic rings. The summed E-state index contributed by atoms with van der Waals surface area (Å²) in [4.78, 5) is 60.4. The number of rotatable bonds is 16. The topological polar surface area (TPSA) is 219 Å². The Balaban J connectivity index is 0.000000178. The summed E-state index contributed by atoms with van der Waals surface area (Å²) in [6.07, 6.45) is 17.3. The molecule has 6 N–H and O–H groups in total. The molecule has 3 aliphatic carbocycles. The number of Topliss-reactive ketones (excluding diaryl/α,β-unsaturated/α-hetero) is 2. The van der Waals surface area contributed by atoms with Crippen LogP contribution in [-0.4, -0.2) is 110 Å². The SMILES string of the molecule is C.COc1ccc(C(=O)C(=O)c2ccc(OC)cc2)cc1.COc1ccc(C2(c3ccc(OC)cc3)N=C(N)N(C3CCCCC3)C2=O)cc1.COc1ccc(C2(c3ccc(OC)cc3)NC(=S)N(C3CCCCC3)C2=O)cc1.NC(=S)NC1CCCCC1. The van der Waals surface area contributed by atoms with E-state index >= 15 is 0 Å². The van der Waals surface area contributed by atoms with Crippen LogP contribution in [0.2, 0.25) is 0 Å². The van der Waals surface area contributed by atoms with Crippen molar-refractivity contribution in [1.82, 2.24) is 20.4 Å². The molecule has 3 saturated carbocycles. The zero-order chi connectivity index (χ0) is 62.8. The van der Waals surface area contributed by atoms with Gasteiger partial charge in [0.25, 0.3) is 11.8 Å². The Kier molecular flexibility index (Phi) is 24.5. The number of guanidine groups is 1. The Morgan fingerprint density at radius 3 is 1.11 bits per heavy atom. The molecule has 0 bridgehead atoms. The smallest absolute Gasteiger partial charge is 0.266 e. The minimum atomic E-state index is -1.19. The number of hydrogen-bond donors (Lipinski definition) is 4. The molecule has 0 aromatic heterocycles. The van der Waals surface area contributed by atoms with Crippen molar-refractivity contribution in [2.45, 2.75) is 133 Å². The van der Waals surface area contributed by atoms with Gasteiger partial charge in [0.05, 0.1) is 42.7 Å². The average Bonchev–Trinajstić information content (AvgIpc) is 1.64. The predicted octanol–water partition coefficient (Wildman–Crippen LogP) is 12.0. The normalized spacial score (nSPS) is 17.0. The lowest BCUT2D eigenvalue weighted by Gasteiger charge is -2.33. The number of thiocarbonyl (C=S) groups is 2. The highest BCUT2D eigenvalue weighted by molar-refractivity contribution is 7.80. The maximum atomic E-state index is 14.0. The van der Waals surface area contributed by atoms with Gasteiger partial charge in [-0.15, -0.1) is 0 Å². The van der Waals surface area contributed by atoms with Crippen LogP contribution in [0.5, 0.6) is 34.5 Å². The first kappa shape index (κ1) is 67.9. The van der Waals surface area contributed by atoms with E-state index in [1.54, 1.807) is 96.1 Å². The number of ether oxygens (including phenoxy) is 6. The Hall–Kier alpha value is -8.55. The number of carbonyl (C=O) groups excluding carboxylic acids is 4. The lowest BCUT2D eigenvalue weighted by Crippen LogP contribution is -2.49. The van der Waals surface area contributed by atoms with E-state index in [1.807, 2.05) is 102 Å². The Morgan fingerprint density at radius 2 is 0.787 bits per heavy atom. The largest absolute Gasteiger partial charge is 0.497 e. The molecule has 472 valence electrons. The molecule has 89 heavy (non-hydrogen) atoms. The fourth-order valence-electron chi connectivity index (χ4n) is 12.1. The Labute approximate surface area is 534 Å². The maximum absolute atomic E-state index is 14.0. The number of carbonyl (C=O) groups is 4. The third-order valence-electron chi connectivity index (χ3n) is 16.9. The minimum absolute atomic E-state index is 0. The van der Waals surface area contributed by atoms with Crippen LogP contribution >= 0.6 is 24.4 Å². The predicted molar refractivity (Wildman–Crippen MR) is 357 cm³/mol. The van der Waals surface area contributed by atoms with E-state index in [9.17, 15) is 19.2 Å². The number of aliphatic imine (C=N–C) groups is 1. The molecule has 0 atom stereocenters. The molecule has 0 spiro atoms. The number of hydrogen-bond acceptors (Lipinski definition) is 14. The van der Waals surface area contributed by atoms with E-state index in [-0.39, 0.29) is 31.3 Å². The van der Waals surface area contributed by atoms with Crippen molar-refractivity contribution in [3.8, 4) is 34.5 Å². The lowest BCUT2D eigenvalue weighted by atomic mass is 9.82. The summed E-state index contributed by atoms with van der Waals surface area (Å²) >= 11 is 10.4. The van der Waals surface area contributed by atoms with Crippen LogP contribution in [0.15, 0.2) is 151 Å². The first-order chi connectivity index (χ1) is 42.6. The summed E-state index contributed by atoms with van der Waals surface area (Å²) < 4.78 is 31.2. The van der Waals surface area contributed by atoms with Crippen molar-refractivity contribution in [2.75, 3.05) is 42.7 Å². The van der Waals surface area contributed by atoms with Crippen LogP contribution in [-0.2, 0) is 20.7 Å². The minimum Gasteiger partial charge on any atom is -0.497 e. The molecule has 2 heterocycles. The van der Waals surface area contributed by atoms with Gasteiger partial charge in [-0.25, -0.2) is 4.99 Å². The maximum Gasteiger partial charge on any atom is 0.266 e. The number of nitrogens with zero attached hydrogens (tertiary/aromatic N) is 3. The molecule has 17 nitrogen and oxygen atoms in total. The molecule has 11 rings (SSSR count). The summed E-state index contributed by atoms with van der Waals surface area (Å²) in [5, 5.41) is 7.45. The number of benzene rings is 6. The van der Waals surface area contributed by atoms with Gasteiger partial charge in [-0.05, 0) is 182 Å². The second kappa shape index (κ2) is 32.1.